The molecule has 11 nitrogen and oxygen atoms in total. The van der Waals surface area contributed by atoms with Crippen molar-refractivity contribution in [3.8, 4) is 11.6 Å². The predicted octanol–water partition coefficient (Wildman–Crippen LogP) is 1.49. The van der Waals surface area contributed by atoms with Crippen molar-refractivity contribution in [1.29, 1.82) is 0 Å². The SMILES string of the molecule is Cc1ccc(NC(=O)CC2SC(=NC(c3ccc(O)cc3)c3c(O)[nH]c(=O)[nH]c3=O)NC2=O)cc1. The average molecular weight is 496 g/mol. The highest BCUT2D eigenvalue weighted by Crippen LogP contribution is 2.32. The summed E-state index contributed by atoms with van der Waals surface area (Å²) in [5.74, 6) is -1.49. The molecule has 2 heterocycles. The molecular weight excluding hydrogens is 474 g/mol. The smallest absolute Gasteiger partial charge is 0.328 e. The van der Waals surface area contributed by atoms with Gasteiger partial charge < -0.3 is 20.8 Å². The maximum Gasteiger partial charge on any atom is 0.328 e. The molecule has 2 aromatic carbocycles. The van der Waals surface area contributed by atoms with Gasteiger partial charge in [0, 0.05) is 12.1 Å². The Labute approximate surface area is 202 Å². The Morgan fingerprint density at radius 2 is 1.74 bits per heavy atom. The molecule has 0 bridgehead atoms. The summed E-state index contributed by atoms with van der Waals surface area (Å²) in [5.41, 5.74) is 0.0496. The second-order valence-electron chi connectivity index (χ2n) is 7.81. The van der Waals surface area contributed by atoms with Crippen LogP contribution in [0.15, 0.2) is 63.1 Å². The fourth-order valence-electron chi connectivity index (χ4n) is 3.44. The maximum atomic E-state index is 12.5. The third-order valence-corrected chi connectivity index (χ3v) is 6.27. The minimum atomic E-state index is -1.13. The van der Waals surface area contributed by atoms with Crippen LogP contribution < -0.4 is 21.9 Å². The van der Waals surface area contributed by atoms with Gasteiger partial charge in [0.15, 0.2) is 5.17 Å². The average Bonchev–Trinajstić information content (AvgIpc) is 3.13. The van der Waals surface area contributed by atoms with Crippen LogP contribution >= 0.6 is 11.8 Å². The first kappa shape index (κ1) is 23.8. The van der Waals surface area contributed by atoms with E-state index in [1.807, 2.05) is 24.0 Å². The lowest BCUT2D eigenvalue weighted by Gasteiger charge is -2.14. The second kappa shape index (κ2) is 9.89. The van der Waals surface area contributed by atoms with E-state index in [2.05, 4.69) is 20.6 Å². The number of anilines is 1. The van der Waals surface area contributed by atoms with Gasteiger partial charge in [0.2, 0.25) is 17.7 Å². The minimum absolute atomic E-state index is 0.0250. The van der Waals surface area contributed by atoms with Crippen LogP contribution in [-0.2, 0) is 9.59 Å². The molecule has 4 rings (SSSR count). The van der Waals surface area contributed by atoms with Crippen molar-refractivity contribution < 1.29 is 19.8 Å². The topological polar surface area (TPSA) is 177 Å². The van der Waals surface area contributed by atoms with E-state index in [1.165, 1.54) is 24.3 Å². The number of amides is 2. The van der Waals surface area contributed by atoms with Gasteiger partial charge in [0.1, 0.15) is 22.6 Å². The number of thioether (sulfide) groups is 1. The summed E-state index contributed by atoms with van der Waals surface area (Å²) in [5, 5.41) is 24.6. The highest BCUT2D eigenvalue weighted by Gasteiger charge is 2.33. The van der Waals surface area contributed by atoms with Gasteiger partial charge in [-0.25, -0.2) is 9.79 Å². The maximum absolute atomic E-state index is 12.5. The Bertz CT molecular complexity index is 1410. The van der Waals surface area contributed by atoms with Crippen LogP contribution in [0.25, 0.3) is 0 Å². The van der Waals surface area contributed by atoms with Crippen LogP contribution in [0, 0.1) is 6.92 Å². The number of rotatable bonds is 6. The Morgan fingerprint density at radius 3 is 2.40 bits per heavy atom. The number of hydrogen-bond donors (Lipinski definition) is 6. The van der Waals surface area contributed by atoms with Crippen molar-refractivity contribution in [2.24, 2.45) is 4.99 Å². The minimum Gasteiger partial charge on any atom is -0.508 e. The number of carbonyl (C=O) groups excluding carboxylic acids is 2. The van der Waals surface area contributed by atoms with Crippen LogP contribution in [0.2, 0.25) is 0 Å². The zero-order chi connectivity index (χ0) is 25.1. The van der Waals surface area contributed by atoms with E-state index in [0.29, 0.717) is 11.3 Å². The lowest BCUT2D eigenvalue weighted by atomic mass is 10.0. The van der Waals surface area contributed by atoms with Crippen LogP contribution in [0.1, 0.15) is 29.2 Å². The van der Waals surface area contributed by atoms with Crippen molar-refractivity contribution in [3.05, 3.63) is 86.1 Å². The van der Waals surface area contributed by atoms with Crippen LogP contribution in [-0.4, -0.2) is 42.4 Å². The number of aromatic amines is 2. The fourth-order valence-corrected chi connectivity index (χ4v) is 4.43. The lowest BCUT2D eigenvalue weighted by Crippen LogP contribution is -2.29. The fraction of sp³-hybridized carbons (Fsp3) is 0.174. The highest BCUT2D eigenvalue weighted by atomic mass is 32.2. The Hall–Kier alpha value is -4.32. The molecule has 0 spiro atoms. The van der Waals surface area contributed by atoms with Crippen molar-refractivity contribution in [3.63, 3.8) is 0 Å². The Kier molecular flexibility index (Phi) is 6.73. The van der Waals surface area contributed by atoms with Gasteiger partial charge in [-0.15, -0.1) is 0 Å². The van der Waals surface area contributed by atoms with E-state index in [0.717, 1.165) is 17.3 Å². The zero-order valence-electron chi connectivity index (χ0n) is 18.4. The molecule has 0 aliphatic carbocycles. The van der Waals surface area contributed by atoms with E-state index in [9.17, 15) is 29.4 Å². The predicted molar refractivity (Wildman–Crippen MR) is 131 cm³/mol. The third-order valence-electron chi connectivity index (χ3n) is 5.17. The Balaban J connectivity index is 1.58. The summed E-state index contributed by atoms with van der Waals surface area (Å²) in [4.78, 5) is 57.5. The number of H-pyrrole nitrogens is 2. The molecule has 1 aromatic heterocycles. The summed E-state index contributed by atoms with van der Waals surface area (Å²) in [6.07, 6.45) is -0.113. The molecule has 2 unspecified atom stereocenters. The first-order valence-corrected chi connectivity index (χ1v) is 11.3. The van der Waals surface area contributed by atoms with Crippen LogP contribution in [0.4, 0.5) is 5.69 Å². The number of nitrogens with zero attached hydrogens (tertiary/aromatic N) is 1. The summed E-state index contributed by atoms with van der Waals surface area (Å²) < 4.78 is 0. The van der Waals surface area contributed by atoms with E-state index in [-0.39, 0.29) is 28.8 Å². The van der Waals surface area contributed by atoms with Gasteiger partial charge in [-0.05, 0) is 36.8 Å². The molecule has 1 saturated heterocycles. The van der Waals surface area contributed by atoms with Gasteiger partial charge in [-0.1, -0.05) is 41.6 Å². The number of aryl methyl sites for hydroxylation is 1. The van der Waals surface area contributed by atoms with Crippen molar-refractivity contribution in [1.82, 2.24) is 15.3 Å². The largest absolute Gasteiger partial charge is 0.508 e. The molecule has 1 aliphatic rings. The zero-order valence-corrected chi connectivity index (χ0v) is 19.2. The monoisotopic (exact) mass is 495 g/mol. The van der Waals surface area contributed by atoms with Gasteiger partial charge in [0.25, 0.3) is 5.56 Å². The number of nitrogens with one attached hydrogen (secondary N) is 4. The van der Waals surface area contributed by atoms with E-state index >= 15 is 0 Å². The normalized spacial score (nSPS) is 17.2. The molecule has 35 heavy (non-hydrogen) atoms. The lowest BCUT2D eigenvalue weighted by molar-refractivity contribution is -0.122. The number of aromatic nitrogens is 2. The van der Waals surface area contributed by atoms with E-state index in [1.54, 1.807) is 12.1 Å². The molecule has 6 N–H and O–H groups in total. The Morgan fingerprint density at radius 1 is 1.06 bits per heavy atom. The van der Waals surface area contributed by atoms with E-state index < -0.39 is 34.3 Å². The summed E-state index contributed by atoms with van der Waals surface area (Å²) in [6.45, 7) is 1.93. The molecule has 1 aliphatic heterocycles. The molecule has 0 radical (unpaired) electrons. The van der Waals surface area contributed by atoms with Crippen molar-refractivity contribution in [2.75, 3.05) is 5.32 Å². The van der Waals surface area contributed by atoms with E-state index in [4.69, 9.17) is 0 Å². The number of amidine groups is 1. The number of hydrogen-bond acceptors (Lipinski definition) is 8. The molecule has 2 amide bonds. The molecule has 1 fully saturated rings. The molecule has 2 atom stereocenters. The van der Waals surface area contributed by atoms with Gasteiger partial charge in [0.05, 0.1) is 0 Å². The standard InChI is InChI=1S/C23H21N5O6S/c1-11-2-6-13(7-3-11)24-16(30)10-15-19(31)28-23(35-15)25-18(12-4-8-14(29)9-5-12)17-20(32)26-22(34)27-21(17)33/h2-9,15,18,29H,10H2,1H3,(H,24,30)(H,25,28,31)(H3,26,27,32,33,34). The quantitative estimate of drug-likeness (QED) is 0.300. The first-order chi connectivity index (χ1) is 16.7. The number of aliphatic imine (C=N–C) groups is 1. The number of carbonyl (C=O) groups is 2. The van der Waals surface area contributed by atoms with Crippen LogP contribution in [0.5, 0.6) is 11.6 Å². The highest BCUT2D eigenvalue weighted by molar-refractivity contribution is 8.15. The molecule has 3 aromatic rings. The number of phenols is 1. The van der Waals surface area contributed by atoms with Gasteiger partial charge >= 0.3 is 5.69 Å². The first-order valence-electron chi connectivity index (χ1n) is 10.5. The van der Waals surface area contributed by atoms with Crippen LogP contribution in [0.3, 0.4) is 0 Å². The van der Waals surface area contributed by atoms with Gasteiger partial charge in [-0.2, -0.15) is 0 Å². The summed E-state index contributed by atoms with van der Waals surface area (Å²) >= 11 is 1.01. The number of phenolic OH excluding ortho intramolecular Hbond substituents is 1. The second-order valence-corrected chi connectivity index (χ2v) is 9.00. The van der Waals surface area contributed by atoms with Crippen molar-refractivity contribution >= 4 is 34.4 Å². The van der Waals surface area contributed by atoms with Crippen molar-refractivity contribution in [2.45, 2.75) is 24.6 Å². The molecule has 12 heteroatoms. The number of benzene rings is 2. The molecule has 0 saturated carbocycles. The molecule has 180 valence electrons. The third kappa shape index (κ3) is 5.61. The summed E-state index contributed by atoms with van der Waals surface area (Å²) in [7, 11) is 0. The molecular formula is C23H21N5O6S. The number of aromatic hydroxyl groups is 2. The summed E-state index contributed by atoms with van der Waals surface area (Å²) in [6, 6.07) is 11.8. The van der Waals surface area contributed by atoms with Gasteiger partial charge in [-0.3, -0.25) is 24.4 Å².